The topological polar surface area (TPSA) is 29.5 Å². The Morgan fingerprint density at radius 1 is 1.12 bits per heavy atom. The third-order valence-electron chi connectivity index (χ3n) is 4.50. The predicted molar refractivity (Wildman–Crippen MR) is 91.5 cm³/mol. The van der Waals surface area contributed by atoms with Gasteiger partial charge in [-0.3, -0.25) is 4.79 Å². The van der Waals surface area contributed by atoms with Gasteiger partial charge in [-0.25, -0.2) is 4.39 Å². The molecule has 126 valence electrons. The molecule has 2 aromatic rings. The molecule has 1 saturated heterocycles. The summed E-state index contributed by atoms with van der Waals surface area (Å²) in [6.45, 7) is 4.13. The zero-order valence-corrected chi connectivity index (χ0v) is 13.9. The highest BCUT2D eigenvalue weighted by Gasteiger charge is 2.23. The van der Waals surface area contributed by atoms with E-state index in [9.17, 15) is 9.18 Å². The van der Waals surface area contributed by atoms with Crippen LogP contribution in [0.15, 0.2) is 48.5 Å². The van der Waals surface area contributed by atoms with Gasteiger partial charge in [-0.1, -0.05) is 31.2 Å². The summed E-state index contributed by atoms with van der Waals surface area (Å²) in [5, 5.41) is 0. The quantitative estimate of drug-likeness (QED) is 0.839. The Bertz CT molecular complexity index is 691. The molecular weight excluding hydrogens is 305 g/mol. The smallest absolute Gasteiger partial charge is 0.257 e. The normalized spacial score (nSPS) is 15.3. The van der Waals surface area contributed by atoms with Crippen molar-refractivity contribution in [1.29, 1.82) is 0 Å². The van der Waals surface area contributed by atoms with Crippen molar-refractivity contribution in [3.63, 3.8) is 0 Å². The highest BCUT2D eigenvalue weighted by molar-refractivity contribution is 5.97. The summed E-state index contributed by atoms with van der Waals surface area (Å²) < 4.78 is 18.8. The summed E-state index contributed by atoms with van der Waals surface area (Å²) >= 11 is 0. The maximum Gasteiger partial charge on any atom is 0.257 e. The van der Waals surface area contributed by atoms with Crippen molar-refractivity contribution >= 4 is 5.91 Å². The summed E-state index contributed by atoms with van der Waals surface area (Å²) in [5.74, 6) is 1.01. The Balaban J connectivity index is 1.70. The van der Waals surface area contributed by atoms with Gasteiger partial charge in [0.25, 0.3) is 5.91 Å². The van der Waals surface area contributed by atoms with Gasteiger partial charge in [-0.15, -0.1) is 0 Å². The van der Waals surface area contributed by atoms with Crippen molar-refractivity contribution in [3.05, 3.63) is 65.5 Å². The van der Waals surface area contributed by atoms with E-state index >= 15 is 0 Å². The van der Waals surface area contributed by atoms with E-state index in [2.05, 4.69) is 6.92 Å². The number of carbonyl (C=O) groups excluding carboxylic acids is 1. The van der Waals surface area contributed by atoms with Gasteiger partial charge in [0.2, 0.25) is 0 Å². The number of nitrogens with zero attached hydrogens (tertiary/aromatic N) is 1. The number of rotatable bonds is 4. The first-order valence-electron chi connectivity index (χ1n) is 8.39. The van der Waals surface area contributed by atoms with Gasteiger partial charge in [0.15, 0.2) is 0 Å². The molecule has 2 aromatic carbocycles. The van der Waals surface area contributed by atoms with Gasteiger partial charge in [0.1, 0.15) is 18.2 Å². The van der Waals surface area contributed by atoms with Crippen LogP contribution in [0.2, 0.25) is 0 Å². The van der Waals surface area contributed by atoms with Crippen LogP contribution in [0.4, 0.5) is 4.39 Å². The lowest BCUT2D eigenvalue weighted by Crippen LogP contribution is -2.38. The number of halogens is 1. The fourth-order valence-electron chi connectivity index (χ4n) is 2.89. The van der Waals surface area contributed by atoms with Crippen molar-refractivity contribution < 1.29 is 13.9 Å². The molecule has 0 saturated carbocycles. The SMILES string of the molecule is CC1CCN(C(=O)c2ccccc2OCc2ccc(F)cc2)CC1. The number of hydrogen-bond donors (Lipinski definition) is 0. The second-order valence-corrected chi connectivity index (χ2v) is 6.39. The van der Waals surface area contributed by atoms with Crippen LogP contribution in [-0.2, 0) is 6.61 Å². The molecule has 4 heteroatoms. The first-order chi connectivity index (χ1) is 11.6. The molecule has 1 aliphatic rings. The van der Waals surface area contributed by atoms with E-state index in [-0.39, 0.29) is 11.7 Å². The minimum atomic E-state index is -0.270. The van der Waals surface area contributed by atoms with Crippen LogP contribution in [0.3, 0.4) is 0 Å². The summed E-state index contributed by atoms with van der Waals surface area (Å²) in [7, 11) is 0. The van der Waals surface area contributed by atoms with Crippen molar-refractivity contribution in [2.75, 3.05) is 13.1 Å². The van der Waals surface area contributed by atoms with Gasteiger partial charge >= 0.3 is 0 Å². The number of carbonyl (C=O) groups is 1. The van der Waals surface area contributed by atoms with Crippen LogP contribution in [-0.4, -0.2) is 23.9 Å². The number of amides is 1. The molecule has 0 unspecified atom stereocenters. The Morgan fingerprint density at radius 3 is 2.50 bits per heavy atom. The van der Waals surface area contributed by atoms with E-state index in [1.165, 1.54) is 12.1 Å². The van der Waals surface area contributed by atoms with Crippen molar-refractivity contribution in [1.82, 2.24) is 4.90 Å². The largest absolute Gasteiger partial charge is 0.488 e. The lowest BCUT2D eigenvalue weighted by atomic mass is 9.98. The average Bonchev–Trinajstić information content (AvgIpc) is 2.61. The Hall–Kier alpha value is -2.36. The predicted octanol–water partition coefficient (Wildman–Crippen LogP) is 4.28. The van der Waals surface area contributed by atoms with Crippen molar-refractivity contribution in [2.24, 2.45) is 5.92 Å². The third-order valence-corrected chi connectivity index (χ3v) is 4.50. The van der Waals surface area contributed by atoms with Crippen LogP contribution < -0.4 is 4.74 Å². The fourth-order valence-corrected chi connectivity index (χ4v) is 2.89. The van der Waals surface area contributed by atoms with Gasteiger partial charge in [-0.05, 0) is 48.6 Å². The number of likely N-dealkylation sites (tertiary alicyclic amines) is 1. The van der Waals surface area contributed by atoms with E-state index in [1.807, 2.05) is 23.1 Å². The van der Waals surface area contributed by atoms with Crippen LogP contribution in [0.25, 0.3) is 0 Å². The van der Waals surface area contributed by atoms with Crippen LogP contribution in [0.1, 0.15) is 35.7 Å². The molecule has 1 fully saturated rings. The molecule has 0 bridgehead atoms. The molecule has 0 N–H and O–H groups in total. The van der Waals surface area contributed by atoms with Crippen LogP contribution >= 0.6 is 0 Å². The molecule has 3 rings (SSSR count). The molecule has 0 aliphatic carbocycles. The molecule has 1 amide bonds. The van der Waals surface area contributed by atoms with Gasteiger partial charge in [-0.2, -0.15) is 0 Å². The lowest BCUT2D eigenvalue weighted by molar-refractivity contribution is 0.0692. The fraction of sp³-hybridized carbons (Fsp3) is 0.350. The Labute approximate surface area is 142 Å². The number of ether oxygens (including phenoxy) is 1. The maximum absolute atomic E-state index is 13.0. The number of hydrogen-bond acceptors (Lipinski definition) is 2. The van der Waals surface area contributed by atoms with E-state index in [4.69, 9.17) is 4.74 Å². The molecule has 0 atom stereocenters. The second kappa shape index (κ2) is 7.47. The number of para-hydroxylation sites is 1. The highest BCUT2D eigenvalue weighted by Crippen LogP contribution is 2.24. The standard InChI is InChI=1S/C20H22FNO2/c1-15-10-12-22(13-11-15)20(23)18-4-2-3-5-19(18)24-14-16-6-8-17(21)9-7-16/h2-9,15H,10-14H2,1H3. The van der Waals surface area contributed by atoms with E-state index in [0.29, 0.717) is 23.8 Å². The molecule has 3 nitrogen and oxygen atoms in total. The minimum Gasteiger partial charge on any atom is -0.488 e. The van der Waals surface area contributed by atoms with Gasteiger partial charge in [0.05, 0.1) is 5.56 Å². The summed E-state index contributed by atoms with van der Waals surface area (Å²) in [6.07, 6.45) is 2.09. The molecule has 0 radical (unpaired) electrons. The number of piperidine rings is 1. The number of benzene rings is 2. The zero-order chi connectivity index (χ0) is 16.9. The van der Waals surface area contributed by atoms with Crippen LogP contribution in [0.5, 0.6) is 5.75 Å². The summed E-state index contributed by atoms with van der Waals surface area (Å²) in [4.78, 5) is 14.7. The van der Waals surface area contributed by atoms with E-state index < -0.39 is 0 Å². The Kier molecular flexibility index (Phi) is 5.14. The summed E-state index contributed by atoms with van der Waals surface area (Å²) in [5.41, 5.74) is 1.46. The molecule has 0 spiro atoms. The molecule has 0 aromatic heterocycles. The lowest BCUT2D eigenvalue weighted by Gasteiger charge is -2.30. The van der Waals surface area contributed by atoms with Gasteiger partial charge in [0, 0.05) is 13.1 Å². The molecule has 24 heavy (non-hydrogen) atoms. The first kappa shape index (κ1) is 16.5. The van der Waals surface area contributed by atoms with Crippen molar-refractivity contribution in [2.45, 2.75) is 26.4 Å². The molecule has 1 aliphatic heterocycles. The third kappa shape index (κ3) is 3.94. The summed E-state index contributed by atoms with van der Waals surface area (Å²) in [6, 6.07) is 13.5. The van der Waals surface area contributed by atoms with Gasteiger partial charge < -0.3 is 9.64 Å². The zero-order valence-electron chi connectivity index (χ0n) is 13.9. The second-order valence-electron chi connectivity index (χ2n) is 6.39. The van der Waals surface area contributed by atoms with E-state index in [0.717, 1.165) is 31.5 Å². The maximum atomic E-state index is 13.0. The average molecular weight is 327 g/mol. The monoisotopic (exact) mass is 327 g/mol. The minimum absolute atomic E-state index is 0.0246. The molecular formula is C20H22FNO2. The van der Waals surface area contributed by atoms with Crippen LogP contribution in [0, 0.1) is 11.7 Å². The molecule has 1 heterocycles. The van der Waals surface area contributed by atoms with E-state index in [1.54, 1.807) is 18.2 Å². The first-order valence-corrected chi connectivity index (χ1v) is 8.39. The highest BCUT2D eigenvalue weighted by atomic mass is 19.1. The van der Waals surface area contributed by atoms with Crippen molar-refractivity contribution in [3.8, 4) is 5.75 Å². The Morgan fingerprint density at radius 2 is 1.79 bits per heavy atom.